The first-order valence-corrected chi connectivity index (χ1v) is 14.5. The molecule has 1 unspecified atom stereocenters. The molecule has 0 saturated heterocycles. The van der Waals surface area contributed by atoms with Crippen LogP contribution in [0.5, 0.6) is 0 Å². The van der Waals surface area contributed by atoms with Crippen molar-refractivity contribution in [3.05, 3.63) is 64.2 Å². The smallest absolute Gasteiger partial charge is 0.242 e. The van der Waals surface area contributed by atoms with Crippen LogP contribution in [0.1, 0.15) is 56.2 Å². The van der Waals surface area contributed by atoms with Gasteiger partial charge in [-0.3, -0.25) is 13.9 Å². The summed E-state index contributed by atoms with van der Waals surface area (Å²) in [7, 11) is -3.54. The summed E-state index contributed by atoms with van der Waals surface area (Å²) in [6.45, 7) is 8.54. The van der Waals surface area contributed by atoms with Crippen molar-refractivity contribution in [2.75, 3.05) is 23.7 Å². The second kappa shape index (κ2) is 13.7. The lowest BCUT2D eigenvalue weighted by molar-refractivity contribution is -0.140. The van der Waals surface area contributed by atoms with E-state index in [0.29, 0.717) is 23.7 Å². The van der Waals surface area contributed by atoms with Crippen LogP contribution < -0.4 is 9.62 Å². The van der Waals surface area contributed by atoms with E-state index >= 15 is 0 Å². The third kappa shape index (κ3) is 8.52. The minimum Gasteiger partial charge on any atom is -0.354 e. The predicted molar refractivity (Wildman–Crippen MR) is 147 cm³/mol. The van der Waals surface area contributed by atoms with Crippen LogP contribution in [-0.4, -0.2) is 50.5 Å². The second-order valence-electron chi connectivity index (χ2n) is 9.14. The molecule has 2 aromatic rings. The molecule has 198 valence electrons. The van der Waals surface area contributed by atoms with Gasteiger partial charge in [0, 0.05) is 31.1 Å². The lowest BCUT2D eigenvalue weighted by Gasteiger charge is -2.30. The zero-order valence-electron chi connectivity index (χ0n) is 21.9. The second-order valence-corrected chi connectivity index (χ2v) is 11.5. The van der Waals surface area contributed by atoms with Crippen molar-refractivity contribution >= 4 is 39.1 Å². The average Bonchev–Trinajstić information content (AvgIpc) is 2.82. The molecule has 1 N–H and O–H groups in total. The number of benzene rings is 2. The number of carbonyl (C=O) groups is 2. The van der Waals surface area contributed by atoms with Gasteiger partial charge in [0.05, 0.1) is 11.9 Å². The number of anilines is 1. The Kier molecular flexibility index (Phi) is 11.2. The molecule has 2 aromatic carbocycles. The van der Waals surface area contributed by atoms with Gasteiger partial charge in [0.1, 0.15) is 6.04 Å². The standard InChI is InChI=1S/C27H38ClN3O4S/c1-6-7-16-29-27(33)22(4)30(19-23-11-8-9-12-25(23)28)26(32)13-10-17-31(36(5,34)35)24-15-14-20(2)21(3)18-24/h8-9,11-12,14-15,18,22H,6-7,10,13,16-17,19H2,1-5H3,(H,29,33). The molecule has 0 saturated carbocycles. The van der Waals surface area contributed by atoms with Crippen LogP contribution in [0.25, 0.3) is 0 Å². The topological polar surface area (TPSA) is 86.8 Å². The van der Waals surface area contributed by atoms with Crippen molar-refractivity contribution in [1.82, 2.24) is 10.2 Å². The molecule has 1 atom stereocenters. The molecule has 0 aliphatic heterocycles. The fraction of sp³-hybridized carbons (Fsp3) is 0.481. The van der Waals surface area contributed by atoms with E-state index in [0.717, 1.165) is 35.8 Å². The van der Waals surface area contributed by atoms with Crippen LogP contribution in [0.4, 0.5) is 5.69 Å². The first-order valence-electron chi connectivity index (χ1n) is 12.3. The lowest BCUT2D eigenvalue weighted by atomic mass is 10.1. The number of hydrogen-bond donors (Lipinski definition) is 1. The maximum atomic E-state index is 13.3. The van der Waals surface area contributed by atoms with Crippen LogP contribution in [0, 0.1) is 13.8 Å². The van der Waals surface area contributed by atoms with Crippen molar-refractivity contribution in [2.24, 2.45) is 0 Å². The molecule has 9 heteroatoms. The third-order valence-corrected chi connectivity index (χ3v) is 7.79. The molecule has 0 aliphatic rings. The van der Waals surface area contributed by atoms with Gasteiger partial charge in [-0.1, -0.05) is 49.2 Å². The minimum absolute atomic E-state index is 0.0912. The van der Waals surface area contributed by atoms with Gasteiger partial charge in [-0.25, -0.2) is 8.42 Å². The Morgan fingerprint density at radius 1 is 1.06 bits per heavy atom. The largest absolute Gasteiger partial charge is 0.354 e. The number of aryl methyl sites for hydroxylation is 2. The van der Waals surface area contributed by atoms with Gasteiger partial charge in [0.25, 0.3) is 0 Å². The van der Waals surface area contributed by atoms with Crippen molar-refractivity contribution in [1.29, 1.82) is 0 Å². The normalized spacial score (nSPS) is 12.2. The Morgan fingerprint density at radius 2 is 1.75 bits per heavy atom. The van der Waals surface area contributed by atoms with Gasteiger partial charge in [-0.15, -0.1) is 0 Å². The van der Waals surface area contributed by atoms with Gasteiger partial charge in [-0.05, 0) is 68.5 Å². The summed E-state index contributed by atoms with van der Waals surface area (Å²) in [5.74, 6) is -0.460. The van der Waals surface area contributed by atoms with E-state index in [2.05, 4.69) is 5.32 Å². The van der Waals surface area contributed by atoms with E-state index in [1.54, 1.807) is 19.1 Å². The zero-order valence-corrected chi connectivity index (χ0v) is 23.5. The predicted octanol–water partition coefficient (Wildman–Crippen LogP) is 4.84. The highest BCUT2D eigenvalue weighted by Crippen LogP contribution is 2.23. The van der Waals surface area contributed by atoms with Crippen molar-refractivity contribution in [2.45, 2.75) is 66.0 Å². The van der Waals surface area contributed by atoms with Crippen LogP contribution in [0.2, 0.25) is 5.02 Å². The van der Waals surface area contributed by atoms with Crippen molar-refractivity contribution < 1.29 is 18.0 Å². The van der Waals surface area contributed by atoms with Crippen LogP contribution in [0.15, 0.2) is 42.5 Å². The number of halogens is 1. The van der Waals surface area contributed by atoms with Gasteiger partial charge in [0.15, 0.2) is 0 Å². The fourth-order valence-corrected chi connectivity index (χ4v) is 4.97. The molecule has 0 fully saturated rings. The highest BCUT2D eigenvalue weighted by Gasteiger charge is 2.27. The molecule has 0 aliphatic carbocycles. The number of carbonyl (C=O) groups excluding carboxylic acids is 2. The quantitative estimate of drug-likeness (QED) is 0.372. The molecular weight excluding hydrogens is 498 g/mol. The maximum absolute atomic E-state index is 13.3. The van der Waals surface area contributed by atoms with E-state index in [1.807, 2.05) is 51.1 Å². The van der Waals surface area contributed by atoms with E-state index in [-0.39, 0.29) is 31.3 Å². The number of unbranched alkanes of at least 4 members (excludes halogenated alkanes) is 1. The van der Waals surface area contributed by atoms with Gasteiger partial charge < -0.3 is 10.2 Å². The highest BCUT2D eigenvalue weighted by atomic mass is 35.5. The number of nitrogens with zero attached hydrogens (tertiary/aromatic N) is 2. The molecule has 36 heavy (non-hydrogen) atoms. The Bertz CT molecular complexity index is 1150. The molecule has 2 rings (SSSR count). The molecule has 0 spiro atoms. The Hall–Kier alpha value is -2.58. The highest BCUT2D eigenvalue weighted by molar-refractivity contribution is 7.92. The minimum atomic E-state index is -3.54. The average molecular weight is 536 g/mol. The van der Waals surface area contributed by atoms with Crippen molar-refractivity contribution in [3.8, 4) is 0 Å². The molecule has 2 amide bonds. The van der Waals surface area contributed by atoms with Gasteiger partial charge in [-0.2, -0.15) is 0 Å². The number of amides is 2. The number of sulfonamides is 1. The molecule has 0 radical (unpaired) electrons. The van der Waals surface area contributed by atoms with Crippen molar-refractivity contribution in [3.63, 3.8) is 0 Å². The number of nitrogens with one attached hydrogen (secondary N) is 1. The van der Waals surface area contributed by atoms with Crippen LogP contribution >= 0.6 is 11.6 Å². The third-order valence-electron chi connectivity index (χ3n) is 6.23. The number of hydrogen-bond acceptors (Lipinski definition) is 4. The molecule has 0 aromatic heterocycles. The SMILES string of the molecule is CCCCNC(=O)C(C)N(Cc1ccccc1Cl)C(=O)CCCN(c1ccc(C)c(C)c1)S(C)(=O)=O. The summed E-state index contributed by atoms with van der Waals surface area (Å²) in [5.41, 5.74) is 3.38. The molecule has 0 bridgehead atoms. The summed E-state index contributed by atoms with van der Waals surface area (Å²) in [6, 6.07) is 12.0. The zero-order chi connectivity index (χ0) is 26.9. The lowest BCUT2D eigenvalue weighted by Crippen LogP contribution is -2.48. The van der Waals surface area contributed by atoms with Crippen LogP contribution in [0.3, 0.4) is 0 Å². The van der Waals surface area contributed by atoms with E-state index < -0.39 is 16.1 Å². The maximum Gasteiger partial charge on any atom is 0.242 e. The van der Waals surface area contributed by atoms with E-state index in [1.165, 1.54) is 9.21 Å². The summed E-state index contributed by atoms with van der Waals surface area (Å²) < 4.78 is 26.3. The summed E-state index contributed by atoms with van der Waals surface area (Å²) in [5, 5.41) is 3.41. The Morgan fingerprint density at radius 3 is 2.36 bits per heavy atom. The fourth-order valence-electron chi connectivity index (χ4n) is 3.81. The van der Waals surface area contributed by atoms with Gasteiger partial charge >= 0.3 is 0 Å². The summed E-state index contributed by atoms with van der Waals surface area (Å²) in [6.07, 6.45) is 3.37. The first-order chi connectivity index (χ1) is 17.0. The number of rotatable bonds is 13. The van der Waals surface area contributed by atoms with Crippen LogP contribution in [-0.2, 0) is 26.2 Å². The molecule has 0 heterocycles. The van der Waals surface area contributed by atoms with E-state index in [4.69, 9.17) is 11.6 Å². The monoisotopic (exact) mass is 535 g/mol. The first kappa shape index (κ1) is 29.6. The Balaban J connectivity index is 2.17. The van der Waals surface area contributed by atoms with E-state index in [9.17, 15) is 18.0 Å². The molecular formula is C27H38ClN3O4S. The van der Waals surface area contributed by atoms with Gasteiger partial charge in [0.2, 0.25) is 21.8 Å². The Labute approximate surface area is 220 Å². The summed E-state index contributed by atoms with van der Waals surface area (Å²) in [4.78, 5) is 27.6. The molecule has 7 nitrogen and oxygen atoms in total. The summed E-state index contributed by atoms with van der Waals surface area (Å²) >= 11 is 6.34.